The van der Waals surface area contributed by atoms with Crippen LogP contribution in [0, 0.1) is 0 Å². The number of hydrogen-bond donors (Lipinski definition) is 2. The summed E-state index contributed by atoms with van der Waals surface area (Å²) in [6.07, 6.45) is 0.562. The Morgan fingerprint density at radius 2 is 2.25 bits per heavy atom. The number of carbonyl (C=O) groups excluding carboxylic acids is 1. The Labute approximate surface area is 94.5 Å². The molecule has 2 aliphatic heterocycles. The Hall–Kier alpha value is -0.660. The number of aliphatic hydroxyl groups excluding tert-OH is 1. The van der Waals surface area contributed by atoms with Crippen LogP contribution < -0.4 is 5.32 Å². The molecule has 0 aromatic heterocycles. The second-order valence-corrected chi connectivity index (χ2v) is 6.51. The van der Waals surface area contributed by atoms with Gasteiger partial charge >= 0.3 is 0 Å². The van der Waals surface area contributed by atoms with Gasteiger partial charge in [-0.2, -0.15) is 0 Å². The summed E-state index contributed by atoms with van der Waals surface area (Å²) in [7, 11) is -2.95. The van der Waals surface area contributed by atoms with Crippen LogP contribution in [0.3, 0.4) is 0 Å². The average molecular weight is 248 g/mol. The highest BCUT2D eigenvalue weighted by atomic mass is 32.2. The van der Waals surface area contributed by atoms with Crippen LogP contribution in [0.15, 0.2) is 0 Å². The van der Waals surface area contributed by atoms with Gasteiger partial charge in [-0.05, 0) is 6.42 Å². The summed E-state index contributed by atoms with van der Waals surface area (Å²) < 4.78 is 22.7. The number of amides is 1. The van der Waals surface area contributed by atoms with E-state index in [0.29, 0.717) is 19.5 Å². The molecular formula is C9H16N2O4S. The number of nitrogens with one attached hydrogen (secondary N) is 1. The van der Waals surface area contributed by atoms with Gasteiger partial charge < -0.3 is 10.4 Å². The average Bonchev–Trinajstić information content (AvgIpc) is 2.58. The maximum atomic E-state index is 11.5. The highest BCUT2D eigenvalue weighted by Crippen LogP contribution is 2.20. The Kier molecular flexibility index (Phi) is 3.18. The third-order valence-corrected chi connectivity index (χ3v) is 4.97. The zero-order valence-electron chi connectivity index (χ0n) is 8.92. The molecule has 2 saturated heterocycles. The van der Waals surface area contributed by atoms with E-state index in [-0.39, 0.29) is 30.1 Å². The minimum Gasteiger partial charge on any atom is -0.394 e. The summed E-state index contributed by atoms with van der Waals surface area (Å²) in [6.45, 7) is 0.866. The van der Waals surface area contributed by atoms with Crippen LogP contribution in [0.5, 0.6) is 0 Å². The van der Waals surface area contributed by atoms with Gasteiger partial charge in [0, 0.05) is 19.1 Å². The molecule has 0 radical (unpaired) electrons. The molecule has 2 heterocycles. The molecule has 7 heteroatoms. The van der Waals surface area contributed by atoms with Crippen molar-refractivity contribution < 1.29 is 18.3 Å². The highest BCUT2D eigenvalue weighted by molar-refractivity contribution is 7.91. The third kappa shape index (κ3) is 2.21. The van der Waals surface area contributed by atoms with Gasteiger partial charge in [-0.3, -0.25) is 9.69 Å². The fourth-order valence-electron chi connectivity index (χ4n) is 2.39. The zero-order valence-corrected chi connectivity index (χ0v) is 9.74. The topological polar surface area (TPSA) is 86.7 Å². The molecule has 2 atom stereocenters. The van der Waals surface area contributed by atoms with Gasteiger partial charge in [0.25, 0.3) is 0 Å². The number of aliphatic hydroxyl groups is 1. The van der Waals surface area contributed by atoms with Crippen molar-refractivity contribution >= 4 is 15.7 Å². The first-order valence-corrected chi connectivity index (χ1v) is 7.20. The predicted molar refractivity (Wildman–Crippen MR) is 57.6 cm³/mol. The summed E-state index contributed by atoms with van der Waals surface area (Å²) in [5.74, 6) is 0.0862. The summed E-state index contributed by atoms with van der Waals surface area (Å²) in [6, 6.07) is -0.708. The molecule has 0 spiro atoms. The summed E-state index contributed by atoms with van der Waals surface area (Å²) in [5.41, 5.74) is 0. The van der Waals surface area contributed by atoms with Crippen molar-refractivity contribution in [2.45, 2.75) is 18.5 Å². The Morgan fingerprint density at radius 3 is 2.81 bits per heavy atom. The Morgan fingerprint density at radius 1 is 1.50 bits per heavy atom. The molecule has 2 unspecified atom stereocenters. The second kappa shape index (κ2) is 4.31. The van der Waals surface area contributed by atoms with Crippen molar-refractivity contribution in [1.82, 2.24) is 10.2 Å². The molecule has 1 amide bonds. The molecule has 92 valence electrons. The van der Waals surface area contributed by atoms with Crippen LogP contribution in [0.4, 0.5) is 0 Å². The minimum atomic E-state index is -2.95. The van der Waals surface area contributed by atoms with E-state index in [0.717, 1.165) is 0 Å². The maximum Gasteiger partial charge on any atom is 0.239 e. The van der Waals surface area contributed by atoms with Gasteiger partial charge in [-0.25, -0.2) is 8.42 Å². The standard InChI is InChI=1S/C9H16N2O4S/c12-5-8-9(13)10-2-3-11(8)7-1-4-16(14,15)6-7/h7-8,12H,1-6H2,(H,10,13). The lowest BCUT2D eigenvalue weighted by atomic mass is 10.1. The normalized spacial score (nSPS) is 34.9. The van der Waals surface area contributed by atoms with Crippen molar-refractivity contribution in [1.29, 1.82) is 0 Å². The lowest BCUT2D eigenvalue weighted by Gasteiger charge is -2.37. The minimum absolute atomic E-state index is 0.108. The number of nitrogens with zero attached hydrogens (tertiary/aromatic N) is 1. The number of hydrogen-bond acceptors (Lipinski definition) is 5. The molecule has 2 aliphatic rings. The van der Waals surface area contributed by atoms with E-state index in [1.54, 1.807) is 0 Å². The molecule has 0 saturated carbocycles. The Balaban J connectivity index is 2.11. The molecule has 2 fully saturated rings. The van der Waals surface area contributed by atoms with E-state index in [1.165, 1.54) is 0 Å². The SMILES string of the molecule is O=C1NCCN(C2CCS(=O)(=O)C2)C1CO. The van der Waals surface area contributed by atoms with Gasteiger partial charge in [0.2, 0.25) is 5.91 Å². The number of rotatable bonds is 2. The molecule has 0 aliphatic carbocycles. The number of piperazine rings is 1. The van der Waals surface area contributed by atoms with E-state index in [2.05, 4.69) is 5.32 Å². The summed E-state index contributed by atoms with van der Waals surface area (Å²) in [5, 5.41) is 11.8. The van der Waals surface area contributed by atoms with E-state index >= 15 is 0 Å². The van der Waals surface area contributed by atoms with Crippen LogP contribution in [0.2, 0.25) is 0 Å². The van der Waals surface area contributed by atoms with Crippen molar-refractivity contribution in [2.75, 3.05) is 31.2 Å². The van der Waals surface area contributed by atoms with Crippen LogP contribution in [-0.4, -0.2) is 67.6 Å². The Bertz CT molecular complexity index is 381. The lowest BCUT2D eigenvalue weighted by molar-refractivity contribution is -0.131. The van der Waals surface area contributed by atoms with E-state index < -0.39 is 15.9 Å². The van der Waals surface area contributed by atoms with Crippen molar-refractivity contribution in [3.05, 3.63) is 0 Å². The molecule has 0 aromatic rings. The maximum absolute atomic E-state index is 11.5. The van der Waals surface area contributed by atoms with Crippen molar-refractivity contribution in [3.63, 3.8) is 0 Å². The molecule has 2 rings (SSSR count). The predicted octanol–water partition coefficient (Wildman–Crippen LogP) is -2.03. The van der Waals surface area contributed by atoms with E-state index in [9.17, 15) is 18.3 Å². The molecule has 0 bridgehead atoms. The van der Waals surface area contributed by atoms with Gasteiger partial charge in [-0.15, -0.1) is 0 Å². The van der Waals surface area contributed by atoms with Gasteiger partial charge in [0.15, 0.2) is 9.84 Å². The molecule has 6 nitrogen and oxygen atoms in total. The molecule has 2 N–H and O–H groups in total. The monoisotopic (exact) mass is 248 g/mol. The summed E-state index contributed by atoms with van der Waals surface area (Å²) >= 11 is 0. The highest BCUT2D eigenvalue weighted by Gasteiger charge is 2.39. The quantitative estimate of drug-likeness (QED) is 0.588. The summed E-state index contributed by atoms with van der Waals surface area (Å²) in [4.78, 5) is 13.3. The largest absolute Gasteiger partial charge is 0.394 e. The lowest BCUT2D eigenvalue weighted by Crippen LogP contribution is -2.60. The fourth-order valence-corrected chi connectivity index (χ4v) is 4.14. The van der Waals surface area contributed by atoms with E-state index in [1.807, 2.05) is 4.90 Å². The van der Waals surface area contributed by atoms with Gasteiger partial charge in [0.05, 0.1) is 18.1 Å². The number of carbonyl (C=O) groups is 1. The number of sulfone groups is 1. The molecule has 0 aromatic carbocycles. The van der Waals surface area contributed by atoms with E-state index in [4.69, 9.17) is 0 Å². The molecular weight excluding hydrogens is 232 g/mol. The van der Waals surface area contributed by atoms with Crippen molar-refractivity contribution in [3.8, 4) is 0 Å². The smallest absolute Gasteiger partial charge is 0.239 e. The first-order valence-electron chi connectivity index (χ1n) is 5.38. The molecule has 16 heavy (non-hydrogen) atoms. The van der Waals surface area contributed by atoms with Crippen LogP contribution in [0.1, 0.15) is 6.42 Å². The van der Waals surface area contributed by atoms with Crippen LogP contribution in [0.25, 0.3) is 0 Å². The van der Waals surface area contributed by atoms with Crippen LogP contribution in [-0.2, 0) is 14.6 Å². The van der Waals surface area contributed by atoms with Gasteiger partial charge in [0.1, 0.15) is 6.04 Å². The zero-order chi connectivity index (χ0) is 11.8. The third-order valence-electron chi connectivity index (χ3n) is 3.22. The van der Waals surface area contributed by atoms with Gasteiger partial charge in [-0.1, -0.05) is 0 Å². The van der Waals surface area contributed by atoms with Crippen LogP contribution >= 0.6 is 0 Å². The first kappa shape index (κ1) is 11.8. The van der Waals surface area contributed by atoms with Crippen molar-refractivity contribution in [2.24, 2.45) is 0 Å². The fraction of sp³-hybridized carbons (Fsp3) is 0.889. The first-order chi connectivity index (χ1) is 7.53. The second-order valence-electron chi connectivity index (χ2n) is 4.28.